The Morgan fingerprint density at radius 2 is 2.32 bits per heavy atom. The predicted molar refractivity (Wildman–Crippen MR) is 71.8 cm³/mol. The van der Waals surface area contributed by atoms with E-state index in [0.29, 0.717) is 12.2 Å². The van der Waals surface area contributed by atoms with E-state index in [1.807, 2.05) is 0 Å². The van der Waals surface area contributed by atoms with Gasteiger partial charge in [0.1, 0.15) is 0 Å². The number of H-pyrrole nitrogens is 1. The van der Waals surface area contributed by atoms with Crippen LogP contribution in [0.15, 0.2) is 10.2 Å². The van der Waals surface area contributed by atoms with Gasteiger partial charge >= 0.3 is 4.87 Å². The average Bonchev–Trinajstić information content (AvgIpc) is 2.71. The average molecular weight is 305 g/mol. The minimum absolute atomic E-state index is 0.00426. The summed E-state index contributed by atoms with van der Waals surface area (Å²) in [7, 11) is -3.03. The van der Waals surface area contributed by atoms with E-state index < -0.39 is 9.84 Å². The fourth-order valence-electron chi connectivity index (χ4n) is 1.89. The second-order valence-corrected chi connectivity index (χ2v) is 7.49. The smallest absolute Gasteiger partial charge is 0.304 e. The van der Waals surface area contributed by atoms with Crippen LogP contribution in [0, 0.1) is 0 Å². The summed E-state index contributed by atoms with van der Waals surface area (Å²) < 4.78 is 22.8. The van der Waals surface area contributed by atoms with Crippen molar-refractivity contribution >= 4 is 27.1 Å². The summed E-state index contributed by atoms with van der Waals surface area (Å²) in [6.07, 6.45) is 0.119. The van der Waals surface area contributed by atoms with Gasteiger partial charge in [0.2, 0.25) is 5.91 Å². The molecule has 1 amide bonds. The molecule has 0 aromatic carbocycles. The predicted octanol–water partition coefficient (Wildman–Crippen LogP) is -1.17. The first-order valence-electron chi connectivity index (χ1n) is 5.82. The minimum atomic E-state index is -3.03. The Morgan fingerprint density at radius 1 is 1.53 bits per heavy atom. The van der Waals surface area contributed by atoms with Gasteiger partial charge in [0.25, 0.3) is 0 Å². The SMILES string of the molecule is O=C(CC1CS(=O)(=O)CCN1)NCc1csc(=O)[nH]1. The molecule has 1 fully saturated rings. The molecule has 3 N–H and O–H groups in total. The number of carbonyl (C=O) groups is 1. The van der Waals surface area contributed by atoms with Crippen LogP contribution in [0.4, 0.5) is 0 Å². The van der Waals surface area contributed by atoms with Gasteiger partial charge in [0.05, 0.1) is 18.1 Å². The molecule has 19 heavy (non-hydrogen) atoms. The Bertz CT molecular complexity index is 604. The highest BCUT2D eigenvalue weighted by Gasteiger charge is 2.25. The maximum Gasteiger partial charge on any atom is 0.304 e. The third-order valence-corrected chi connectivity index (χ3v) is 5.23. The number of nitrogens with one attached hydrogen (secondary N) is 3. The first-order chi connectivity index (χ1) is 8.94. The summed E-state index contributed by atoms with van der Waals surface area (Å²) in [5, 5.41) is 7.31. The molecule has 1 aliphatic rings. The van der Waals surface area contributed by atoms with Gasteiger partial charge in [-0.05, 0) is 0 Å². The summed E-state index contributed by atoms with van der Waals surface area (Å²) in [5.41, 5.74) is 0.646. The molecule has 0 bridgehead atoms. The molecule has 1 saturated heterocycles. The molecule has 0 spiro atoms. The second-order valence-electron chi connectivity index (χ2n) is 4.42. The van der Waals surface area contributed by atoms with E-state index in [4.69, 9.17) is 0 Å². The lowest BCUT2D eigenvalue weighted by Gasteiger charge is -2.23. The molecule has 9 heteroatoms. The van der Waals surface area contributed by atoms with E-state index in [-0.39, 0.29) is 41.3 Å². The number of aromatic nitrogens is 1. The van der Waals surface area contributed by atoms with Crippen molar-refractivity contribution in [3.8, 4) is 0 Å². The van der Waals surface area contributed by atoms with Gasteiger partial charge in [0, 0.05) is 30.1 Å². The second kappa shape index (κ2) is 5.85. The highest BCUT2D eigenvalue weighted by atomic mass is 32.2. The Hall–Kier alpha value is -1.19. The summed E-state index contributed by atoms with van der Waals surface area (Å²) in [4.78, 5) is 25.0. The summed E-state index contributed by atoms with van der Waals surface area (Å²) >= 11 is 1.04. The van der Waals surface area contributed by atoms with Crippen LogP contribution in [0.2, 0.25) is 0 Å². The van der Waals surface area contributed by atoms with E-state index >= 15 is 0 Å². The largest absolute Gasteiger partial charge is 0.350 e. The van der Waals surface area contributed by atoms with Crippen LogP contribution in [0.1, 0.15) is 12.1 Å². The number of amides is 1. The summed E-state index contributed by atoms with van der Waals surface area (Å²) in [6.45, 7) is 0.634. The van der Waals surface area contributed by atoms with Gasteiger partial charge in [-0.3, -0.25) is 9.59 Å². The van der Waals surface area contributed by atoms with Gasteiger partial charge < -0.3 is 15.6 Å². The van der Waals surface area contributed by atoms with Gasteiger partial charge in [0.15, 0.2) is 9.84 Å². The highest BCUT2D eigenvalue weighted by molar-refractivity contribution is 7.91. The van der Waals surface area contributed by atoms with Crippen LogP contribution in [0.3, 0.4) is 0 Å². The number of rotatable bonds is 4. The molecule has 0 saturated carbocycles. The van der Waals surface area contributed by atoms with E-state index in [9.17, 15) is 18.0 Å². The zero-order valence-corrected chi connectivity index (χ0v) is 11.8. The zero-order chi connectivity index (χ0) is 13.9. The highest BCUT2D eigenvalue weighted by Crippen LogP contribution is 2.05. The van der Waals surface area contributed by atoms with Crippen LogP contribution in [-0.2, 0) is 21.2 Å². The molecule has 0 radical (unpaired) electrons. The maximum absolute atomic E-state index is 11.7. The standard InChI is InChI=1S/C10H15N3O4S2/c14-9(12-4-8-5-18-10(15)13-8)3-7-6-19(16,17)2-1-11-7/h5,7,11H,1-4,6H2,(H,12,14)(H,13,15). The zero-order valence-electron chi connectivity index (χ0n) is 10.1. The molecule has 106 valence electrons. The van der Waals surface area contributed by atoms with Crippen LogP contribution in [-0.4, -0.2) is 43.4 Å². The molecule has 1 aromatic heterocycles. The number of hydrogen-bond acceptors (Lipinski definition) is 6. The van der Waals surface area contributed by atoms with Crippen molar-refractivity contribution in [3.63, 3.8) is 0 Å². The Balaban J connectivity index is 1.79. The number of carbonyl (C=O) groups excluding carboxylic acids is 1. The maximum atomic E-state index is 11.7. The monoisotopic (exact) mass is 305 g/mol. The Kier molecular flexibility index (Phi) is 4.38. The molecule has 1 aliphatic heterocycles. The van der Waals surface area contributed by atoms with Gasteiger partial charge in [-0.15, -0.1) is 0 Å². The minimum Gasteiger partial charge on any atom is -0.350 e. The van der Waals surface area contributed by atoms with Crippen LogP contribution in [0.25, 0.3) is 0 Å². The van der Waals surface area contributed by atoms with Gasteiger partial charge in [-0.25, -0.2) is 8.42 Å². The van der Waals surface area contributed by atoms with Crippen molar-refractivity contribution in [2.45, 2.75) is 19.0 Å². The quantitative estimate of drug-likeness (QED) is 0.649. The third kappa shape index (κ3) is 4.44. The first-order valence-corrected chi connectivity index (χ1v) is 8.52. The number of hydrogen-bond donors (Lipinski definition) is 3. The van der Waals surface area contributed by atoms with Gasteiger partial charge in [-0.2, -0.15) is 0 Å². The lowest BCUT2D eigenvalue weighted by Crippen LogP contribution is -2.47. The van der Waals surface area contributed by atoms with Crippen molar-refractivity contribution in [2.75, 3.05) is 18.1 Å². The van der Waals surface area contributed by atoms with Crippen molar-refractivity contribution in [2.24, 2.45) is 0 Å². The van der Waals surface area contributed by atoms with E-state index in [1.54, 1.807) is 5.38 Å². The van der Waals surface area contributed by atoms with Crippen LogP contribution >= 0.6 is 11.3 Å². The first kappa shape index (κ1) is 14.2. The molecule has 2 rings (SSSR count). The van der Waals surface area contributed by atoms with Crippen molar-refractivity contribution < 1.29 is 13.2 Å². The number of sulfone groups is 1. The fourth-order valence-corrected chi connectivity index (χ4v) is 3.91. The van der Waals surface area contributed by atoms with Crippen molar-refractivity contribution in [1.82, 2.24) is 15.6 Å². The van der Waals surface area contributed by atoms with Crippen molar-refractivity contribution in [3.05, 3.63) is 20.7 Å². The number of thiazole rings is 1. The topological polar surface area (TPSA) is 108 Å². The van der Waals surface area contributed by atoms with Gasteiger partial charge in [-0.1, -0.05) is 11.3 Å². The summed E-state index contributed by atoms with van der Waals surface area (Å²) in [5.74, 6) is -0.113. The molecule has 1 aromatic rings. The molecule has 1 atom stereocenters. The Morgan fingerprint density at radius 3 is 2.95 bits per heavy atom. The number of aromatic amines is 1. The van der Waals surface area contributed by atoms with E-state index in [2.05, 4.69) is 15.6 Å². The molecule has 2 heterocycles. The lowest BCUT2D eigenvalue weighted by atomic mass is 10.2. The van der Waals surface area contributed by atoms with E-state index in [0.717, 1.165) is 11.3 Å². The molecule has 7 nitrogen and oxygen atoms in total. The molecule has 1 unspecified atom stereocenters. The normalized spacial score (nSPS) is 22.0. The third-order valence-electron chi connectivity index (χ3n) is 2.78. The Labute approximate surface area is 114 Å². The molecular weight excluding hydrogens is 290 g/mol. The van der Waals surface area contributed by atoms with Crippen LogP contribution < -0.4 is 15.5 Å². The summed E-state index contributed by atoms with van der Waals surface area (Å²) in [6, 6.07) is -0.333. The van der Waals surface area contributed by atoms with Crippen LogP contribution in [0.5, 0.6) is 0 Å². The lowest BCUT2D eigenvalue weighted by molar-refractivity contribution is -0.121. The molecular formula is C10H15N3O4S2. The fraction of sp³-hybridized carbons (Fsp3) is 0.600. The van der Waals surface area contributed by atoms with E-state index in [1.165, 1.54) is 0 Å². The molecule has 0 aliphatic carbocycles. The van der Waals surface area contributed by atoms with Crippen molar-refractivity contribution in [1.29, 1.82) is 0 Å².